The van der Waals surface area contributed by atoms with Crippen LogP contribution in [0.25, 0.3) is 0 Å². The topological polar surface area (TPSA) is 38.3 Å². The Balaban J connectivity index is 2.00. The second-order valence-corrected chi connectivity index (χ2v) is 5.62. The van der Waals surface area contributed by atoms with Crippen LogP contribution in [-0.4, -0.2) is 13.1 Å². The predicted octanol–water partition coefficient (Wildman–Crippen LogP) is 3.31. The number of ether oxygens (including phenoxy) is 1. The van der Waals surface area contributed by atoms with Gasteiger partial charge in [0.1, 0.15) is 0 Å². The lowest BCUT2D eigenvalue weighted by Gasteiger charge is -2.14. The van der Waals surface area contributed by atoms with Crippen molar-refractivity contribution in [3.8, 4) is 0 Å². The van der Waals surface area contributed by atoms with Gasteiger partial charge in [-0.25, -0.2) is 0 Å². The maximum atomic E-state index is 11.4. The first-order valence-electron chi connectivity index (χ1n) is 6.61. The van der Waals surface area contributed by atoms with E-state index in [0.717, 1.165) is 17.7 Å². The molecule has 0 saturated heterocycles. The van der Waals surface area contributed by atoms with E-state index in [1.54, 1.807) is 11.3 Å². The van der Waals surface area contributed by atoms with E-state index in [0.29, 0.717) is 12.5 Å². The summed E-state index contributed by atoms with van der Waals surface area (Å²) in [6.45, 7) is 2.89. The molecule has 3 nitrogen and oxygen atoms in total. The fourth-order valence-electron chi connectivity index (χ4n) is 2.03. The van der Waals surface area contributed by atoms with Crippen molar-refractivity contribution in [1.82, 2.24) is 5.32 Å². The Morgan fingerprint density at radius 3 is 2.65 bits per heavy atom. The van der Waals surface area contributed by atoms with Crippen LogP contribution in [0.15, 0.2) is 41.8 Å². The van der Waals surface area contributed by atoms with E-state index in [9.17, 15) is 4.79 Å². The Bertz CT molecular complexity index is 551. The van der Waals surface area contributed by atoms with Gasteiger partial charge in [-0.15, -0.1) is 11.3 Å². The van der Waals surface area contributed by atoms with Gasteiger partial charge in [0.2, 0.25) is 0 Å². The van der Waals surface area contributed by atoms with Gasteiger partial charge in [0.15, 0.2) is 0 Å². The first-order valence-corrected chi connectivity index (χ1v) is 7.49. The maximum Gasteiger partial charge on any atom is 0.309 e. The first kappa shape index (κ1) is 14.8. The molecule has 20 heavy (non-hydrogen) atoms. The Kier molecular flexibility index (Phi) is 5.32. The molecular weight excluding hydrogens is 270 g/mol. The normalized spacial score (nSPS) is 12.1. The van der Waals surface area contributed by atoms with Crippen LogP contribution in [0.4, 0.5) is 0 Å². The number of esters is 1. The smallest absolute Gasteiger partial charge is 0.309 e. The second kappa shape index (κ2) is 7.22. The standard InChI is InChI=1S/C16H19NO2S/c1-12(15-8-5-9-20-15)17-11-14-7-4-3-6-13(14)10-16(18)19-2/h3-9,12,17H,10-11H2,1-2H3/t12-/m0/s1. The molecule has 0 aliphatic rings. The molecule has 0 fully saturated rings. The van der Waals surface area contributed by atoms with Gasteiger partial charge in [0.05, 0.1) is 13.5 Å². The van der Waals surface area contributed by atoms with Gasteiger partial charge in [-0.2, -0.15) is 0 Å². The monoisotopic (exact) mass is 289 g/mol. The van der Waals surface area contributed by atoms with Crippen molar-refractivity contribution in [3.63, 3.8) is 0 Å². The van der Waals surface area contributed by atoms with E-state index in [1.807, 2.05) is 24.3 Å². The van der Waals surface area contributed by atoms with E-state index in [-0.39, 0.29) is 5.97 Å². The van der Waals surface area contributed by atoms with Crippen LogP contribution in [0.1, 0.15) is 29.0 Å². The number of nitrogens with one attached hydrogen (secondary N) is 1. The Morgan fingerprint density at radius 1 is 1.25 bits per heavy atom. The van der Waals surface area contributed by atoms with Crippen molar-refractivity contribution in [2.75, 3.05) is 7.11 Å². The van der Waals surface area contributed by atoms with Crippen LogP contribution < -0.4 is 5.32 Å². The minimum absolute atomic E-state index is 0.205. The highest BCUT2D eigenvalue weighted by Crippen LogP contribution is 2.19. The molecule has 2 aromatic rings. The van der Waals surface area contributed by atoms with Crippen molar-refractivity contribution in [2.45, 2.75) is 25.9 Å². The molecule has 0 spiro atoms. The molecule has 106 valence electrons. The molecule has 0 radical (unpaired) electrons. The van der Waals surface area contributed by atoms with Crippen LogP contribution in [0, 0.1) is 0 Å². The summed E-state index contributed by atoms with van der Waals surface area (Å²) in [5.74, 6) is -0.205. The van der Waals surface area contributed by atoms with Gasteiger partial charge in [0.25, 0.3) is 0 Å². The van der Waals surface area contributed by atoms with E-state index in [1.165, 1.54) is 12.0 Å². The molecule has 1 atom stereocenters. The minimum atomic E-state index is -0.205. The van der Waals surface area contributed by atoms with E-state index in [2.05, 4.69) is 29.8 Å². The van der Waals surface area contributed by atoms with Crippen molar-refractivity contribution in [2.24, 2.45) is 0 Å². The van der Waals surface area contributed by atoms with Gasteiger partial charge < -0.3 is 10.1 Å². The molecule has 0 unspecified atom stereocenters. The largest absolute Gasteiger partial charge is 0.469 e. The summed E-state index contributed by atoms with van der Waals surface area (Å²) in [5, 5.41) is 5.57. The Labute approximate surface area is 123 Å². The lowest BCUT2D eigenvalue weighted by molar-refractivity contribution is -0.139. The molecule has 1 N–H and O–H groups in total. The summed E-state index contributed by atoms with van der Waals surface area (Å²) in [6.07, 6.45) is 0.321. The van der Waals surface area contributed by atoms with Gasteiger partial charge in [-0.05, 0) is 29.5 Å². The summed E-state index contributed by atoms with van der Waals surface area (Å²) in [5.41, 5.74) is 2.16. The molecule has 0 saturated carbocycles. The summed E-state index contributed by atoms with van der Waals surface area (Å²) < 4.78 is 4.74. The van der Waals surface area contributed by atoms with Gasteiger partial charge in [-0.1, -0.05) is 30.3 Å². The summed E-state index contributed by atoms with van der Waals surface area (Å²) in [7, 11) is 1.42. The third-order valence-corrected chi connectivity index (χ3v) is 4.30. The number of carbonyl (C=O) groups is 1. The number of hydrogen-bond donors (Lipinski definition) is 1. The lowest BCUT2D eigenvalue weighted by atomic mass is 10.0. The zero-order valence-electron chi connectivity index (χ0n) is 11.8. The van der Waals surface area contributed by atoms with Crippen molar-refractivity contribution in [3.05, 3.63) is 57.8 Å². The molecule has 1 heterocycles. The highest BCUT2D eigenvalue weighted by Gasteiger charge is 2.10. The molecule has 0 bridgehead atoms. The number of methoxy groups -OCH3 is 1. The molecule has 4 heteroatoms. The van der Waals surface area contributed by atoms with Crippen LogP contribution in [0.2, 0.25) is 0 Å². The predicted molar refractivity (Wildman–Crippen MR) is 81.7 cm³/mol. The SMILES string of the molecule is COC(=O)Cc1ccccc1CN[C@@H](C)c1cccs1. The number of hydrogen-bond acceptors (Lipinski definition) is 4. The Morgan fingerprint density at radius 2 is 2.00 bits per heavy atom. The fraction of sp³-hybridized carbons (Fsp3) is 0.312. The Hall–Kier alpha value is -1.65. The van der Waals surface area contributed by atoms with Gasteiger partial charge in [0, 0.05) is 17.5 Å². The second-order valence-electron chi connectivity index (χ2n) is 4.64. The number of benzene rings is 1. The van der Waals surface area contributed by atoms with Gasteiger partial charge in [-0.3, -0.25) is 4.79 Å². The molecule has 1 aromatic carbocycles. The highest BCUT2D eigenvalue weighted by molar-refractivity contribution is 7.10. The third-order valence-electron chi connectivity index (χ3n) is 3.25. The summed E-state index contributed by atoms with van der Waals surface area (Å²) >= 11 is 1.75. The average Bonchev–Trinajstić information content (AvgIpc) is 3.00. The van der Waals surface area contributed by atoms with Crippen LogP contribution in [-0.2, 0) is 22.5 Å². The quantitative estimate of drug-likeness (QED) is 0.829. The molecule has 0 aliphatic carbocycles. The third kappa shape index (κ3) is 3.92. The van der Waals surface area contributed by atoms with Gasteiger partial charge >= 0.3 is 5.97 Å². The molecule has 2 rings (SSSR count). The molecule has 0 aliphatic heterocycles. The number of carbonyl (C=O) groups excluding carboxylic acids is 1. The maximum absolute atomic E-state index is 11.4. The number of thiophene rings is 1. The van der Waals surface area contributed by atoms with Crippen LogP contribution >= 0.6 is 11.3 Å². The van der Waals surface area contributed by atoms with E-state index < -0.39 is 0 Å². The molecule has 1 aromatic heterocycles. The fourth-order valence-corrected chi connectivity index (χ4v) is 2.79. The van der Waals surface area contributed by atoms with E-state index >= 15 is 0 Å². The zero-order chi connectivity index (χ0) is 14.4. The zero-order valence-corrected chi connectivity index (χ0v) is 12.6. The van der Waals surface area contributed by atoms with Crippen LogP contribution in [0.5, 0.6) is 0 Å². The number of rotatable bonds is 6. The lowest BCUT2D eigenvalue weighted by Crippen LogP contribution is -2.18. The minimum Gasteiger partial charge on any atom is -0.469 e. The van der Waals surface area contributed by atoms with Crippen molar-refractivity contribution in [1.29, 1.82) is 0 Å². The first-order chi connectivity index (χ1) is 9.70. The highest BCUT2D eigenvalue weighted by atomic mass is 32.1. The van der Waals surface area contributed by atoms with Crippen molar-refractivity contribution >= 4 is 17.3 Å². The summed E-state index contributed by atoms with van der Waals surface area (Å²) in [4.78, 5) is 12.7. The molecular formula is C16H19NO2S. The average molecular weight is 289 g/mol. The summed E-state index contributed by atoms with van der Waals surface area (Å²) in [6, 6.07) is 12.5. The van der Waals surface area contributed by atoms with E-state index in [4.69, 9.17) is 4.74 Å². The molecule has 0 amide bonds. The van der Waals surface area contributed by atoms with Crippen molar-refractivity contribution < 1.29 is 9.53 Å². The van der Waals surface area contributed by atoms with Crippen LogP contribution in [0.3, 0.4) is 0 Å².